The molecule has 2 aromatic rings. The lowest BCUT2D eigenvalue weighted by Gasteiger charge is -2.38. The van der Waals surface area contributed by atoms with E-state index in [1.165, 1.54) is 66.4 Å². The molecule has 0 bridgehead atoms. The summed E-state index contributed by atoms with van der Waals surface area (Å²) in [6.07, 6.45) is 9.13. The van der Waals surface area contributed by atoms with Crippen LogP contribution in [0.3, 0.4) is 0 Å². The number of aliphatic imine (C=N–C) groups is 1. The van der Waals surface area contributed by atoms with E-state index in [1.54, 1.807) is 0 Å². The molecule has 0 saturated carbocycles. The maximum absolute atomic E-state index is 12.2. The number of piperazine rings is 1. The predicted octanol–water partition coefficient (Wildman–Crippen LogP) is 3.79. The Morgan fingerprint density at radius 1 is 1.00 bits per heavy atom. The van der Waals surface area contributed by atoms with Gasteiger partial charge in [0.25, 0.3) is 0 Å². The van der Waals surface area contributed by atoms with Gasteiger partial charge in [-0.2, -0.15) is 9.97 Å². The number of ether oxygens (including phenoxy) is 1. The molecule has 9 heteroatoms. The Kier molecular flexibility index (Phi) is 9.54. The first-order valence-corrected chi connectivity index (χ1v) is 15.2. The molecule has 0 N–H and O–H groups in total. The number of hydrogen-bond acceptors (Lipinski definition) is 8. The van der Waals surface area contributed by atoms with Crippen molar-refractivity contribution >= 4 is 23.6 Å². The summed E-state index contributed by atoms with van der Waals surface area (Å²) < 4.78 is 6.22. The summed E-state index contributed by atoms with van der Waals surface area (Å²) >= 11 is 0. The molecule has 3 aliphatic rings. The lowest BCUT2D eigenvalue weighted by molar-refractivity contribution is -0.126. The van der Waals surface area contributed by atoms with Crippen LogP contribution in [0.1, 0.15) is 53.6 Å². The Labute approximate surface area is 244 Å². The van der Waals surface area contributed by atoms with Gasteiger partial charge in [-0.25, -0.2) is 0 Å². The van der Waals surface area contributed by atoms with Crippen LogP contribution in [0.25, 0.3) is 0 Å². The van der Waals surface area contributed by atoms with Crippen molar-refractivity contribution in [3.05, 3.63) is 52.7 Å². The first-order valence-electron chi connectivity index (χ1n) is 15.2. The number of carbonyl (C=O) groups is 1. The van der Waals surface area contributed by atoms with E-state index in [0.29, 0.717) is 32.3 Å². The summed E-state index contributed by atoms with van der Waals surface area (Å²) in [5.41, 5.74) is 7.07. The van der Waals surface area contributed by atoms with Gasteiger partial charge in [0.1, 0.15) is 5.82 Å². The van der Waals surface area contributed by atoms with Gasteiger partial charge in [0.15, 0.2) is 0 Å². The van der Waals surface area contributed by atoms with Gasteiger partial charge in [0.2, 0.25) is 5.91 Å². The zero-order valence-corrected chi connectivity index (χ0v) is 25.1. The number of rotatable bonds is 9. The number of nitrogens with zero attached hydrogens (tertiary/aromatic N) is 7. The average Bonchev–Trinajstić information content (AvgIpc) is 3.01. The Balaban J connectivity index is 1.38. The van der Waals surface area contributed by atoms with Crippen molar-refractivity contribution in [1.82, 2.24) is 19.8 Å². The molecule has 5 rings (SSSR count). The van der Waals surface area contributed by atoms with Crippen LogP contribution in [0.4, 0.5) is 11.5 Å². The number of piperidine rings is 1. The van der Waals surface area contributed by atoms with Gasteiger partial charge in [0.05, 0.1) is 18.8 Å². The number of benzene rings is 1. The van der Waals surface area contributed by atoms with E-state index in [2.05, 4.69) is 52.3 Å². The molecule has 4 heterocycles. The Bertz CT molecular complexity index is 1260. The topological polar surface area (TPSA) is 77.4 Å². The van der Waals surface area contributed by atoms with Crippen molar-refractivity contribution in [3.8, 4) is 6.01 Å². The first-order chi connectivity index (χ1) is 20.0. The first kappa shape index (κ1) is 29.0. The molecule has 2 saturated heterocycles. The quantitative estimate of drug-likeness (QED) is 0.263. The minimum atomic E-state index is -0.0114. The number of aryl methyl sites for hydroxylation is 2. The van der Waals surface area contributed by atoms with Gasteiger partial charge in [-0.05, 0) is 69.8 Å². The molecule has 41 heavy (non-hydrogen) atoms. The maximum atomic E-state index is 12.2. The smallest absolute Gasteiger partial charge is 0.318 e. The second-order valence-corrected chi connectivity index (χ2v) is 11.4. The van der Waals surface area contributed by atoms with E-state index in [1.807, 2.05) is 18.2 Å². The van der Waals surface area contributed by atoms with Gasteiger partial charge in [-0.3, -0.25) is 9.79 Å². The molecule has 2 fully saturated rings. The van der Waals surface area contributed by atoms with Crippen LogP contribution in [0.15, 0.2) is 29.8 Å². The van der Waals surface area contributed by atoms with Crippen LogP contribution in [0, 0.1) is 13.8 Å². The largest absolute Gasteiger partial charge is 0.463 e. The van der Waals surface area contributed by atoms with Crippen LogP contribution < -0.4 is 14.5 Å². The fraction of sp³-hybridized carbons (Fsp3) is 0.562. The summed E-state index contributed by atoms with van der Waals surface area (Å²) in [6.45, 7) is 16.4. The zero-order valence-electron chi connectivity index (χ0n) is 25.1. The third-order valence-electron chi connectivity index (χ3n) is 8.60. The fourth-order valence-electron chi connectivity index (χ4n) is 6.34. The van der Waals surface area contributed by atoms with Crippen LogP contribution >= 0.6 is 0 Å². The average molecular weight is 560 g/mol. The molecule has 0 unspecified atom stereocenters. The highest BCUT2D eigenvalue weighted by Crippen LogP contribution is 2.34. The lowest BCUT2D eigenvalue weighted by Crippen LogP contribution is -2.49. The standard InChI is InChI=1S/C32H45N7O2/c1-5-29(40)37-17-19-38(20-18-37)31-26-12-16-39(30-25(3)11-10-24(2)27(30)22-33-4)23-28(26)34-32(35-31)41-21-9-15-36-13-7-6-8-14-36/h5,10-11,22H,1,6-9,12-21,23H2,2-4H3. The number of hydrogen-bond donors (Lipinski definition) is 0. The number of aromatic nitrogens is 2. The van der Waals surface area contributed by atoms with Crippen molar-refractivity contribution in [2.45, 2.75) is 52.5 Å². The van der Waals surface area contributed by atoms with Gasteiger partial charge in [-0.15, -0.1) is 0 Å². The lowest BCUT2D eigenvalue weighted by atomic mass is 9.98. The van der Waals surface area contributed by atoms with Gasteiger partial charge in [-0.1, -0.05) is 25.1 Å². The molecule has 9 nitrogen and oxygen atoms in total. The molecule has 3 aliphatic heterocycles. The predicted molar refractivity (Wildman–Crippen MR) is 166 cm³/mol. The highest BCUT2D eigenvalue weighted by molar-refractivity contribution is 5.91. The van der Waals surface area contributed by atoms with Crippen LogP contribution in [-0.2, 0) is 17.8 Å². The van der Waals surface area contributed by atoms with E-state index in [0.717, 1.165) is 50.5 Å². The van der Waals surface area contributed by atoms with Crippen LogP contribution in [0.5, 0.6) is 6.01 Å². The van der Waals surface area contributed by atoms with Crippen molar-refractivity contribution in [3.63, 3.8) is 0 Å². The summed E-state index contributed by atoms with van der Waals surface area (Å²) in [5, 5.41) is 0. The number of anilines is 2. The van der Waals surface area contributed by atoms with Gasteiger partial charge < -0.3 is 24.3 Å². The second-order valence-electron chi connectivity index (χ2n) is 11.4. The highest BCUT2D eigenvalue weighted by Gasteiger charge is 2.29. The molecule has 0 radical (unpaired) electrons. The SMILES string of the molecule is C=CC(=O)N1CCN(c2nc(OCCCN3CCCCC3)nc3c2CCN(c2c(C)ccc(C)c2C=NC)C3)CC1. The summed E-state index contributed by atoms with van der Waals surface area (Å²) in [4.78, 5) is 35.6. The van der Waals surface area contributed by atoms with E-state index in [4.69, 9.17) is 14.7 Å². The normalized spacial score (nSPS) is 18.1. The molecule has 1 amide bonds. The molecular weight excluding hydrogens is 514 g/mol. The third-order valence-corrected chi connectivity index (χ3v) is 8.60. The third kappa shape index (κ3) is 6.72. The summed E-state index contributed by atoms with van der Waals surface area (Å²) in [7, 11) is 1.83. The Hall–Kier alpha value is -3.46. The van der Waals surface area contributed by atoms with Crippen molar-refractivity contribution < 1.29 is 9.53 Å². The fourth-order valence-corrected chi connectivity index (χ4v) is 6.34. The van der Waals surface area contributed by atoms with Gasteiger partial charge >= 0.3 is 6.01 Å². The molecule has 0 atom stereocenters. The van der Waals surface area contributed by atoms with E-state index >= 15 is 0 Å². The van der Waals surface area contributed by atoms with Crippen LogP contribution in [0.2, 0.25) is 0 Å². The molecule has 1 aromatic carbocycles. The Morgan fingerprint density at radius 2 is 1.76 bits per heavy atom. The van der Waals surface area contributed by atoms with Gasteiger partial charge in [0, 0.05) is 69.3 Å². The number of likely N-dealkylation sites (tertiary alicyclic amines) is 1. The monoisotopic (exact) mass is 559 g/mol. The summed E-state index contributed by atoms with van der Waals surface area (Å²) in [6, 6.07) is 4.82. The van der Waals surface area contributed by atoms with Crippen LogP contribution in [-0.4, -0.2) is 97.9 Å². The van der Waals surface area contributed by atoms with Crippen molar-refractivity contribution in [2.24, 2.45) is 4.99 Å². The van der Waals surface area contributed by atoms with E-state index in [9.17, 15) is 4.79 Å². The summed E-state index contributed by atoms with van der Waals surface area (Å²) in [5.74, 6) is 0.949. The highest BCUT2D eigenvalue weighted by atomic mass is 16.5. The second kappa shape index (κ2) is 13.5. The molecule has 220 valence electrons. The molecule has 0 aliphatic carbocycles. The van der Waals surface area contributed by atoms with Crippen molar-refractivity contribution in [2.75, 3.05) is 75.8 Å². The number of fused-ring (bicyclic) bond motifs is 1. The molecule has 1 aromatic heterocycles. The molecular formula is C32H45N7O2. The number of carbonyl (C=O) groups excluding carboxylic acids is 1. The van der Waals surface area contributed by atoms with E-state index < -0.39 is 0 Å². The maximum Gasteiger partial charge on any atom is 0.318 e. The minimum Gasteiger partial charge on any atom is -0.463 e. The zero-order chi connectivity index (χ0) is 28.8. The van der Waals surface area contributed by atoms with Crippen molar-refractivity contribution in [1.29, 1.82) is 0 Å². The minimum absolute atomic E-state index is 0.0114. The molecule has 0 spiro atoms. The van der Waals surface area contributed by atoms with E-state index in [-0.39, 0.29) is 5.91 Å². The number of amides is 1. The Morgan fingerprint density at radius 3 is 2.49 bits per heavy atom.